The molecule has 86 valence electrons. The van der Waals surface area contributed by atoms with Crippen molar-refractivity contribution >= 4 is 34.4 Å². The highest BCUT2D eigenvalue weighted by molar-refractivity contribution is 7.14. The lowest BCUT2D eigenvalue weighted by Crippen LogP contribution is -2.11. The van der Waals surface area contributed by atoms with Crippen LogP contribution in [0.1, 0.15) is 19.4 Å². The van der Waals surface area contributed by atoms with Crippen LogP contribution in [0, 0.1) is 0 Å². The van der Waals surface area contributed by atoms with Gasteiger partial charge in [-0.1, -0.05) is 0 Å². The number of nitrogens with one attached hydrogen (secondary N) is 2. The van der Waals surface area contributed by atoms with Crippen LogP contribution >= 0.6 is 11.3 Å². The second-order valence-electron chi connectivity index (χ2n) is 2.83. The predicted molar refractivity (Wildman–Crippen MR) is 61.1 cm³/mol. The monoisotopic (exact) mass is 241 g/mol. The van der Waals surface area contributed by atoms with Gasteiger partial charge >= 0.3 is 5.97 Å². The summed E-state index contributed by atoms with van der Waals surface area (Å²) < 4.78 is 0. The molecule has 0 bridgehead atoms. The van der Waals surface area contributed by atoms with Gasteiger partial charge in [0.2, 0.25) is 5.91 Å². The Morgan fingerprint density at radius 3 is 2.88 bits per heavy atom. The van der Waals surface area contributed by atoms with Crippen LogP contribution in [0.3, 0.4) is 0 Å². The van der Waals surface area contributed by atoms with E-state index in [4.69, 9.17) is 0 Å². The van der Waals surface area contributed by atoms with Gasteiger partial charge in [-0.25, -0.2) is 4.79 Å². The Morgan fingerprint density at radius 2 is 2.25 bits per heavy atom. The molecule has 0 fully saturated rings. The number of hydrogen-bond acceptors (Lipinski definition) is 6. The molecule has 0 atom stereocenters. The molecule has 1 aromatic rings. The predicted octanol–water partition coefficient (Wildman–Crippen LogP) is 1.11. The maximum Gasteiger partial charge on any atom is 0.331 e. The van der Waals surface area contributed by atoms with Gasteiger partial charge in [0.05, 0.1) is 6.21 Å². The van der Waals surface area contributed by atoms with Gasteiger partial charge in [0.15, 0.2) is 0 Å². The first-order valence-electron chi connectivity index (χ1n) is 4.40. The van der Waals surface area contributed by atoms with Crippen molar-refractivity contribution in [2.75, 3.05) is 5.32 Å². The molecule has 0 aromatic carbocycles. The molecule has 1 aromatic heterocycles. The van der Waals surface area contributed by atoms with Crippen molar-refractivity contribution in [2.24, 2.45) is 5.10 Å². The zero-order valence-corrected chi connectivity index (χ0v) is 9.63. The standard InChI is InChI=1S/C9H11N3O3S/c1-6(13)11-9-8(3-4-16-9)5-10-12-15-7(2)14/h3-5,12H,1-2H3,(H,11,13). The summed E-state index contributed by atoms with van der Waals surface area (Å²) in [6.45, 7) is 2.69. The molecule has 0 saturated heterocycles. The lowest BCUT2D eigenvalue weighted by atomic mass is 10.3. The molecular formula is C9H11N3O3S. The largest absolute Gasteiger partial charge is 0.331 e. The minimum absolute atomic E-state index is 0.148. The lowest BCUT2D eigenvalue weighted by molar-refractivity contribution is -0.148. The number of carbonyl (C=O) groups excluding carboxylic acids is 2. The van der Waals surface area contributed by atoms with Gasteiger partial charge < -0.3 is 10.2 Å². The summed E-state index contributed by atoms with van der Waals surface area (Å²) in [7, 11) is 0. The van der Waals surface area contributed by atoms with Crippen LogP contribution in [-0.4, -0.2) is 18.1 Å². The average Bonchev–Trinajstić information content (AvgIpc) is 2.59. The van der Waals surface area contributed by atoms with E-state index in [2.05, 4.69) is 20.8 Å². The van der Waals surface area contributed by atoms with Gasteiger partial charge in [-0.05, 0) is 11.4 Å². The molecule has 0 aliphatic rings. The van der Waals surface area contributed by atoms with Gasteiger partial charge in [0.1, 0.15) is 5.00 Å². The third-order valence-electron chi connectivity index (χ3n) is 1.43. The van der Waals surface area contributed by atoms with Crippen LogP contribution in [0.15, 0.2) is 16.5 Å². The number of carbonyl (C=O) groups is 2. The Balaban J connectivity index is 2.56. The molecule has 0 aliphatic heterocycles. The molecule has 1 heterocycles. The summed E-state index contributed by atoms with van der Waals surface area (Å²) in [5.41, 5.74) is 2.85. The zero-order chi connectivity index (χ0) is 12.0. The minimum Gasteiger partial charge on any atom is -0.327 e. The Morgan fingerprint density at radius 1 is 1.50 bits per heavy atom. The first-order chi connectivity index (χ1) is 7.59. The highest BCUT2D eigenvalue weighted by Crippen LogP contribution is 2.21. The van der Waals surface area contributed by atoms with Gasteiger partial charge in [0.25, 0.3) is 0 Å². The van der Waals surface area contributed by atoms with E-state index < -0.39 is 5.97 Å². The lowest BCUT2D eigenvalue weighted by Gasteiger charge is -1.99. The van der Waals surface area contributed by atoms with Crippen molar-refractivity contribution in [1.82, 2.24) is 5.59 Å². The number of thiophene rings is 1. The summed E-state index contributed by atoms with van der Waals surface area (Å²) in [5.74, 6) is -0.630. The maximum atomic E-state index is 10.8. The molecule has 0 radical (unpaired) electrons. The highest BCUT2D eigenvalue weighted by Gasteiger charge is 2.02. The number of rotatable bonds is 4. The fraction of sp³-hybridized carbons (Fsp3) is 0.222. The van der Waals surface area contributed by atoms with E-state index >= 15 is 0 Å². The number of nitrogens with zero attached hydrogens (tertiary/aromatic N) is 1. The van der Waals surface area contributed by atoms with Crippen LogP contribution in [0.25, 0.3) is 0 Å². The van der Waals surface area contributed by atoms with Crippen LogP contribution < -0.4 is 10.9 Å². The van der Waals surface area contributed by atoms with Crippen LogP contribution in [0.2, 0.25) is 0 Å². The molecule has 16 heavy (non-hydrogen) atoms. The van der Waals surface area contributed by atoms with E-state index in [9.17, 15) is 9.59 Å². The van der Waals surface area contributed by atoms with E-state index in [0.717, 1.165) is 5.56 Å². The van der Waals surface area contributed by atoms with Crippen molar-refractivity contribution in [3.05, 3.63) is 17.0 Å². The van der Waals surface area contributed by atoms with Gasteiger partial charge in [-0.15, -0.1) is 16.9 Å². The van der Waals surface area contributed by atoms with Crippen LogP contribution in [0.5, 0.6) is 0 Å². The highest BCUT2D eigenvalue weighted by atomic mass is 32.1. The second-order valence-corrected chi connectivity index (χ2v) is 3.75. The number of hydrogen-bond donors (Lipinski definition) is 2. The maximum absolute atomic E-state index is 10.8. The van der Waals surface area contributed by atoms with Crippen molar-refractivity contribution < 1.29 is 14.4 Å². The van der Waals surface area contributed by atoms with E-state index in [1.807, 2.05) is 5.38 Å². The normalized spacial score (nSPS) is 10.1. The van der Waals surface area contributed by atoms with Gasteiger partial charge in [-0.3, -0.25) is 4.79 Å². The first kappa shape index (κ1) is 12.2. The Bertz CT molecular complexity index is 414. The summed E-state index contributed by atoms with van der Waals surface area (Å²) in [4.78, 5) is 25.6. The topological polar surface area (TPSA) is 79.8 Å². The fourth-order valence-corrected chi connectivity index (χ4v) is 1.68. The summed E-state index contributed by atoms with van der Waals surface area (Å²) in [5, 5.41) is 8.83. The Hall–Kier alpha value is -1.89. The second kappa shape index (κ2) is 5.86. The van der Waals surface area contributed by atoms with E-state index in [-0.39, 0.29) is 5.91 Å². The van der Waals surface area contributed by atoms with Crippen molar-refractivity contribution in [2.45, 2.75) is 13.8 Å². The van der Waals surface area contributed by atoms with Crippen LogP contribution in [0.4, 0.5) is 5.00 Å². The van der Waals surface area contributed by atoms with E-state index in [0.29, 0.717) is 5.00 Å². The molecule has 1 amide bonds. The fourth-order valence-electron chi connectivity index (χ4n) is 0.869. The SMILES string of the molecule is CC(=O)Nc1sccc1C=NNOC(C)=O. The molecule has 0 saturated carbocycles. The van der Waals surface area contributed by atoms with Gasteiger partial charge in [-0.2, -0.15) is 5.10 Å². The molecule has 7 heteroatoms. The summed E-state index contributed by atoms with van der Waals surface area (Å²) >= 11 is 1.38. The first-order valence-corrected chi connectivity index (χ1v) is 5.28. The van der Waals surface area contributed by atoms with Crippen LogP contribution in [-0.2, 0) is 14.4 Å². The third-order valence-corrected chi connectivity index (χ3v) is 2.28. The molecule has 1 rings (SSSR count). The quantitative estimate of drug-likeness (QED) is 0.611. The van der Waals surface area contributed by atoms with Gasteiger partial charge in [0, 0.05) is 19.4 Å². The molecule has 0 unspecified atom stereocenters. The Labute approximate surface area is 96.3 Å². The average molecular weight is 241 g/mol. The Kier molecular flexibility index (Phi) is 4.46. The smallest absolute Gasteiger partial charge is 0.327 e. The number of hydrazone groups is 1. The molecule has 0 spiro atoms. The van der Waals surface area contributed by atoms with E-state index in [1.165, 1.54) is 31.4 Å². The third kappa shape index (κ3) is 4.09. The molecule has 2 N–H and O–H groups in total. The zero-order valence-electron chi connectivity index (χ0n) is 8.81. The summed E-state index contributed by atoms with van der Waals surface area (Å²) in [6, 6.07) is 1.79. The minimum atomic E-state index is -0.482. The van der Waals surface area contributed by atoms with Crippen molar-refractivity contribution in [3.8, 4) is 0 Å². The molecule has 0 aliphatic carbocycles. The summed E-state index contributed by atoms with van der Waals surface area (Å²) in [6.07, 6.45) is 1.45. The molecular weight excluding hydrogens is 230 g/mol. The van der Waals surface area contributed by atoms with Crippen molar-refractivity contribution in [1.29, 1.82) is 0 Å². The molecule has 6 nitrogen and oxygen atoms in total. The number of anilines is 1. The number of amides is 1. The van der Waals surface area contributed by atoms with Crippen molar-refractivity contribution in [3.63, 3.8) is 0 Å². The van der Waals surface area contributed by atoms with E-state index in [1.54, 1.807) is 6.07 Å².